The maximum atomic E-state index is 9.49. The van der Waals surface area contributed by atoms with Crippen molar-refractivity contribution in [1.29, 1.82) is 0 Å². The molecule has 2 nitrogen and oxygen atoms in total. The Labute approximate surface area is 109 Å². The van der Waals surface area contributed by atoms with Crippen molar-refractivity contribution in [2.75, 3.05) is 0 Å². The molecule has 0 unspecified atom stereocenters. The van der Waals surface area contributed by atoms with Gasteiger partial charge in [-0.2, -0.15) is 0 Å². The van der Waals surface area contributed by atoms with Gasteiger partial charge in [0.15, 0.2) is 0 Å². The first-order valence-electron chi connectivity index (χ1n) is 5.58. The van der Waals surface area contributed by atoms with Gasteiger partial charge in [-0.25, -0.2) is 0 Å². The van der Waals surface area contributed by atoms with Crippen LogP contribution in [0.5, 0.6) is 5.75 Å². The summed E-state index contributed by atoms with van der Waals surface area (Å²) in [6, 6.07) is 14.7. The van der Waals surface area contributed by atoms with E-state index in [4.69, 9.17) is 11.6 Å². The molecule has 1 aromatic heterocycles. The number of benzene rings is 2. The summed E-state index contributed by atoms with van der Waals surface area (Å²) in [6.45, 7) is 0. The second-order valence-corrected chi connectivity index (χ2v) is 4.49. The molecule has 18 heavy (non-hydrogen) atoms. The summed E-state index contributed by atoms with van der Waals surface area (Å²) in [6.07, 6.45) is 1.79. The fourth-order valence-corrected chi connectivity index (χ4v) is 2.21. The first-order valence-corrected chi connectivity index (χ1v) is 5.95. The number of halogens is 1. The van der Waals surface area contributed by atoms with Crippen LogP contribution in [0.3, 0.4) is 0 Å². The lowest BCUT2D eigenvalue weighted by Gasteiger charge is -2.05. The molecule has 0 saturated heterocycles. The van der Waals surface area contributed by atoms with Crippen molar-refractivity contribution in [2.24, 2.45) is 0 Å². The highest BCUT2D eigenvalue weighted by atomic mass is 35.5. The van der Waals surface area contributed by atoms with Crippen molar-refractivity contribution < 1.29 is 5.11 Å². The largest absolute Gasteiger partial charge is 0.508 e. The van der Waals surface area contributed by atoms with E-state index < -0.39 is 0 Å². The maximum Gasteiger partial charge on any atom is 0.116 e. The van der Waals surface area contributed by atoms with Crippen molar-refractivity contribution in [3.8, 4) is 16.9 Å². The Morgan fingerprint density at radius 3 is 2.67 bits per heavy atom. The fraction of sp³-hybridized carbons (Fsp3) is 0. The van der Waals surface area contributed by atoms with E-state index >= 15 is 0 Å². The molecule has 1 N–H and O–H groups in total. The van der Waals surface area contributed by atoms with Gasteiger partial charge in [-0.05, 0) is 30.3 Å². The van der Waals surface area contributed by atoms with Crippen molar-refractivity contribution in [1.82, 2.24) is 4.98 Å². The average Bonchev–Trinajstić information content (AvgIpc) is 2.38. The first-order chi connectivity index (χ1) is 8.74. The van der Waals surface area contributed by atoms with Gasteiger partial charge < -0.3 is 5.11 Å². The monoisotopic (exact) mass is 255 g/mol. The molecule has 88 valence electrons. The van der Waals surface area contributed by atoms with Crippen LogP contribution in [0.1, 0.15) is 0 Å². The molecule has 3 heteroatoms. The van der Waals surface area contributed by atoms with Gasteiger partial charge in [0.25, 0.3) is 0 Å². The number of aromatic hydroxyl groups is 1. The quantitative estimate of drug-likeness (QED) is 0.705. The van der Waals surface area contributed by atoms with E-state index in [9.17, 15) is 5.11 Å². The molecule has 1 heterocycles. The minimum atomic E-state index is 0.237. The third-order valence-electron chi connectivity index (χ3n) is 2.85. The first kappa shape index (κ1) is 11.1. The van der Waals surface area contributed by atoms with Gasteiger partial charge >= 0.3 is 0 Å². The smallest absolute Gasteiger partial charge is 0.116 e. The van der Waals surface area contributed by atoms with Gasteiger partial charge in [0, 0.05) is 27.7 Å². The van der Waals surface area contributed by atoms with E-state index in [0.29, 0.717) is 5.02 Å². The van der Waals surface area contributed by atoms with Crippen LogP contribution in [0.15, 0.2) is 54.7 Å². The van der Waals surface area contributed by atoms with Crippen LogP contribution in [-0.2, 0) is 0 Å². The molecule has 0 radical (unpaired) electrons. The molecule has 0 aliphatic rings. The van der Waals surface area contributed by atoms with Crippen LogP contribution in [-0.4, -0.2) is 10.1 Å². The lowest BCUT2D eigenvalue weighted by molar-refractivity contribution is 0.476. The van der Waals surface area contributed by atoms with Crippen LogP contribution < -0.4 is 0 Å². The molecule has 0 fully saturated rings. The fourth-order valence-electron chi connectivity index (χ4n) is 1.96. The van der Waals surface area contributed by atoms with Crippen LogP contribution in [0.2, 0.25) is 5.02 Å². The van der Waals surface area contributed by atoms with E-state index in [0.717, 1.165) is 22.0 Å². The van der Waals surface area contributed by atoms with Crippen LogP contribution in [0.4, 0.5) is 0 Å². The molecule has 0 aliphatic carbocycles. The number of nitrogens with zero attached hydrogens (tertiary/aromatic N) is 1. The topological polar surface area (TPSA) is 33.1 Å². The van der Waals surface area contributed by atoms with Gasteiger partial charge in [0.1, 0.15) is 5.75 Å². The lowest BCUT2D eigenvalue weighted by atomic mass is 10.1. The van der Waals surface area contributed by atoms with Crippen molar-refractivity contribution in [3.05, 3.63) is 59.8 Å². The molecular weight excluding hydrogens is 246 g/mol. The Morgan fingerprint density at radius 2 is 1.83 bits per heavy atom. The summed E-state index contributed by atoms with van der Waals surface area (Å²) in [7, 11) is 0. The van der Waals surface area contributed by atoms with Crippen molar-refractivity contribution >= 4 is 22.5 Å². The number of aromatic nitrogens is 1. The van der Waals surface area contributed by atoms with Gasteiger partial charge in [0.2, 0.25) is 0 Å². The van der Waals surface area contributed by atoms with Crippen molar-refractivity contribution in [3.63, 3.8) is 0 Å². The molecule has 0 saturated carbocycles. The Bertz CT molecular complexity index is 725. The average molecular weight is 256 g/mol. The predicted octanol–water partition coefficient (Wildman–Crippen LogP) is 4.26. The normalized spacial score (nSPS) is 10.7. The zero-order chi connectivity index (χ0) is 12.5. The summed E-state index contributed by atoms with van der Waals surface area (Å²) in [5.41, 5.74) is 2.74. The van der Waals surface area contributed by atoms with Crippen LogP contribution >= 0.6 is 11.6 Å². The lowest BCUT2D eigenvalue weighted by Crippen LogP contribution is -1.83. The van der Waals surface area contributed by atoms with Gasteiger partial charge in [-0.3, -0.25) is 4.98 Å². The highest BCUT2D eigenvalue weighted by Crippen LogP contribution is 2.29. The standard InChI is InChI=1S/C15H10ClNO/c16-14-4-2-1-3-13(14)11-7-10-8-12(18)5-6-15(10)17-9-11/h1-9,18H. The molecule has 0 amide bonds. The Hall–Kier alpha value is -2.06. The molecule has 3 rings (SSSR count). The molecule has 0 spiro atoms. The predicted molar refractivity (Wildman–Crippen MR) is 73.9 cm³/mol. The van der Waals surface area contributed by atoms with Gasteiger partial charge in [0.05, 0.1) is 5.52 Å². The van der Waals surface area contributed by atoms with E-state index in [-0.39, 0.29) is 5.75 Å². The molecule has 0 aliphatic heterocycles. The molecule has 0 bridgehead atoms. The number of hydrogen-bond donors (Lipinski definition) is 1. The highest BCUT2D eigenvalue weighted by molar-refractivity contribution is 6.33. The maximum absolute atomic E-state index is 9.49. The van der Waals surface area contributed by atoms with Crippen LogP contribution in [0, 0.1) is 0 Å². The molecule has 3 aromatic rings. The van der Waals surface area contributed by atoms with E-state index in [1.54, 1.807) is 24.4 Å². The SMILES string of the molecule is Oc1ccc2ncc(-c3ccccc3Cl)cc2c1. The second-order valence-electron chi connectivity index (χ2n) is 4.08. The highest BCUT2D eigenvalue weighted by Gasteiger charge is 2.04. The molecule has 0 atom stereocenters. The summed E-state index contributed by atoms with van der Waals surface area (Å²) in [5, 5.41) is 11.1. The number of hydrogen-bond acceptors (Lipinski definition) is 2. The summed E-state index contributed by atoms with van der Waals surface area (Å²) >= 11 is 6.16. The van der Waals surface area contributed by atoms with E-state index in [1.165, 1.54) is 0 Å². The number of rotatable bonds is 1. The second kappa shape index (κ2) is 4.31. The summed E-state index contributed by atoms with van der Waals surface area (Å²) in [4.78, 5) is 4.37. The zero-order valence-corrected chi connectivity index (χ0v) is 10.2. The number of fused-ring (bicyclic) bond motifs is 1. The van der Waals surface area contributed by atoms with Crippen LogP contribution in [0.25, 0.3) is 22.0 Å². The Balaban J connectivity index is 2.22. The minimum Gasteiger partial charge on any atom is -0.508 e. The van der Waals surface area contributed by atoms with E-state index in [1.807, 2.05) is 30.3 Å². The van der Waals surface area contributed by atoms with Gasteiger partial charge in [-0.15, -0.1) is 0 Å². The zero-order valence-electron chi connectivity index (χ0n) is 9.47. The van der Waals surface area contributed by atoms with Crippen molar-refractivity contribution in [2.45, 2.75) is 0 Å². The molecule has 2 aromatic carbocycles. The van der Waals surface area contributed by atoms with Gasteiger partial charge in [-0.1, -0.05) is 29.8 Å². The molecular formula is C15H10ClNO. The Morgan fingerprint density at radius 1 is 1.00 bits per heavy atom. The number of phenols is 1. The third kappa shape index (κ3) is 1.91. The summed E-state index contributed by atoms with van der Waals surface area (Å²) < 4.78 is 0. The third-order valence-corrected chi connectivity index (χ3v) is 3.18. The number of pyridine rings is 1. The number of phenolic OH excluding ortho intramolecular Hbond substituents is 1. The minimum absolute atomic E-state index is 0.237. The van der Waals surface area contributed by atoms with E-state index in [2.05, 4.69) is 4.98 Å². The Kier molecular flexibility index (Phi) is 2.65. The summed E-state index contributed by atoms with van der Waals surface area (Å²) in [5.74, 6) is 0.237.